The van der Waals surface area contributed by atoms with Crippen LogP contribution in [0.25, 0.3) is 0 Å². The van der Waals surface area contributed by atoms with Crippen LogP contribution >= 0.6 is 0 Å². The molecule has 1 heterocycles. The number of rotatable bonds is 8. The largest absolute Gasteiger partial charge is 0.492 e. The lowest BCUT2D eigenvalue weighted by atomic mass is 10.2. The minimum atomic E-state index is 0.662. The molecule has 0 amide bonds. The normalized spacial score (nSPS) is 10.7. The van der Waals surface area contributed by atoms with Crippen LogP contribution < -0.4 is 10.1 Å². The molecule has 3 heteroatoms. The predicted molar refractivity (Wildman–Crippen MR) is 75.7 cm³/mol. The van der Waals surface area contributed by atoms with Crippen LogP contribution in [-0.2, 0) is 6.54 Å². The Bertz CT molecular complexity index is 357. The molecule has 0 aromatic carbocycles. The Morgan fingerprint density at radius 2 is 2.22 bits per heavy atom. The smallest absolute Gasteiger partial charge is 0.137 e. The van der Waals surface area contributed by atoms with Crippen LogP contribution in [0.15, 0.2) is 30.5 Å². The van der Waals surface area contributed by atoms with Gasteiger partial charge in [0.15, 0.2) is 0 Å². The SMILES string of the molecule is C=C(C)CCOc1ccc(CNCC(C)C)nc1. The average Bonchev–Trinajstić information content (AvgIpc) is 2.30. The molecule has 0 radical (unpaired) electrons. The number of pyridine rings is 1. The summed E-state index contributed by atoms with van der Waals surface area (Å²) in [6.07, 6.45) is 2.67. The Hall–Kier alpha value is -1.35. The molecule has 1 rings (SSSR count). The summed E-state index contributed by atoms with van der Waals surface area (Å²) in [7, 11) is 0. The van der Waals surface area contributed by atoms with Gasteiger partial charge in [-0.25, -0.2) is 0 Å². The minimum absolute atomic E-state index is 0.662. The Morgan fingerprint density at radius 3 is 2.78 bits per heavy atom. The lowest BCUT2D eigenvalue weighted by molar-refractivity contribution is 0.320. The quantitative estimate of drug-likeness (QED) is 0.717. The highest BCUT2D eigenvalue weighted by atomic mass is 16.5. The van der Waals surface area contributed by atoms with Crippen LogP contribution in [0.1, 0.15) is 32.9 Å². The number of hydrogen-bond acceptors (Lipinski definition) is 3. The third kappa shape index (κ3) is 6.40. The highest BCUT2D eigenvalue weighted by Gasteiger charge is 1.98. The molecule has 0 unspecified atom stereocenters. The van der Waals surface area contributed by atoms with Crippen molar-refractivity contribution in [3.8, 4) is 5.75 Å². The topological polar surface area (TPSA) is 34.1 Å². The lowest BCUT2D eigenvalue weighted by Gasteiger charge is -2.08. The summed E-state index contributed by atoms with van der Waals surface area (Å²) in [5.74, 6) is 1.48. The van der Waals surface area contributed by atoms with E-state index in [1.807, 2.05) is 19.1 Å². The van der Waals surface area contributed by atoms with Crippen molar-refractivity contribution in [2.24, 2.45) is 5.92 Å². The fourth-order valence-electron chi connectivity index (χ4n) is 1.43. The maximum Gasteiger partial charge on any atom is 0.137 e. The van der Waals surface area contributed by atoms with Gasteiger partial charge in [-0.1, -0.05) is 19.4 Å². The summed E-state index contributed by atoms with van der Waals surface area (Å²) in [6, 6.07) is 3.97. The summed E-state index contributed by atoms with van der Waals surface area (Å²) < 4.78 is 5.57. The van der Waals surface area contributed by atoms with E-state index in [1.165, 1.54) is 0 Å². The molecule has 0 aliphatic rings. The van der Waals surface area contributed by atoms with Crippen molar-refractivity contribution in [2.75, 3.05) is 13.2 Å². The highest BCUT2D eigenvalue weighted by molar-refractivity contribution is 5.19. The first-order valence-electron chi connectivity index (χ1n) is 6.50. The van der Waals surface area contributed by atoms with E-state index in [9.17, 15) is 0 Å². The van der Waals surface area contributed by atoms with E-state index >= 15 is 0 Å². The summed E-state index contributed by atoms with van der Waals surface area (Å²) >= 11 is 0. The van der Waals surface area contributed by atoms with Gasteiger partial charge in [0, 0.05) is 13.0 Å². The van der Waals surface area contributed by atoms with Crippen LogP contribution in [0.4, 0.5) is 0 Å². The second kappa shape index (κ2) is 7.88. The van der Waals surface area contributed by atoms with Gasteiger partial charge in [-0.05, 0) is 31.5 Å². The zero-order valence-electron chi connectivity index (χ0n) is 11.7. The predicted octanol–water partition coefficient (Wildman–Crippen LogP) is 3.17. The van der Waals surface area contributed by atoms with Gasteiger partial charge in [-0.15, -0.1) is 6.58 Å². The van der Waals surface area contributed by atoms with Gasteiger partial charge in [0.1, 0.15) is 5.75 Å². The molecule has 18 heavy (non-hydrogen) atoms. The van der Waals surface area contributed by atoms with Crippen LogP contribution in [0.5, 0.6) is 5.75 Å². The van der Waals surface area contributed by atoms with E-state index in [0.29, 0.717) is 12.5 Å². The first-order chi connectivity index (χ1) is 8.58. The fourth-order valence-corrected chi connectivity index (χ4v) is 1.43. The van der Waals surface area contributed by atoms with E-state index in [2.05, 4.69) is 30.7 Å². The molecule has 0 aliphatic heterocycles. The first kappa shape index (κ1) is 14.7. The summed E-state index contributed by atoms with van der Waals surface area (Å²) in [5, 5.41) is 3.36. The van der Waals surface area contributed by atoms with Crippen LogP contribution in [0.2, 0.25) is 0 Å². The van der Waals surface area contributed by atoms with Crippen molar-refractivity contribution in [3.05, 3.63) is 36.2 Å². The standard InChI is InChI=1S/C15H24N2O/c1-12(2)7-8-18-15-6-5-14(17-11-15)10-16-9-13(3)4/h5-6,11,13,16H,1,7-10H2,2-4H3. The molecule has 1 aromatic rings. The van der Waals surface area contributed by atoms with Crippen molar-refractivity contribution in [1.82, 2.24) is 10.3 Å². The van der Waals surface area contributed by atoms with Gasteiger partial charge < -0.3 is 10.1 Å². The van der Waals surface area contributed by atoms with Crippen molar-refractivity contribution >= 4 is 0 Å². The fraction of sp³-hybridized carbons (Fsp3) is 0.533. The maximum absolute atomic E-state index is 5.57. The second-order valence-corrected chi connectivity index (χ2v) is 5.07. The molecule has 0 saturated carbocycles. The van der Waals surface area contributed by atoms with Crippen molar-refractivity contribution in [3.63, 3.8) is 0 Å². The van der Waals surface area contributed by atoms with Gasteiger partial charge in [0.05, 0.1) is 18.5 Å². The molecular formula is C15H24N2O. The lowest BCUT2D eigenvalue weighted by Crippen LogP contribution is -2.19. The summed E-state index contributed by atoms with van der Waals surface area (Å²) in [5.41, 5.74) is 2.18. The van der Waals surface area contributed by atoms with Gasteiger partial charge in [-0.3, -0.25) is 4.98 Å². The molecule has 0 saturated heterocycles. The number of ether oxygens (including phenoxy) is 1. The Kier molecular flexibility index (Phi) is 6.44. The average molecular weight is 248 g/mol. The second-order valence-electron chi connectivity index (χ2n) is 5.07. The molecule has 0 aliphatic carbocycles. The third-order valence-corrected chi connectivity index (χ3v) is 2.45. The Labute approximate surface area is 110 Å². The summed E-state index contributed by atoms with van der Waals surface area (Å²) in [6.45, 7) is 12.7. The molecule has 3 nitrogen and oxygen atoms in total. The first-order valence-corrected chi connectivity index (χ1v) is 6.50. The van der Waals surface area contributed by atoms with Crippen LogP contribution in [-0.4, -0.2) is 18.1 Å². The number of hydrogen-bond donors (Lipinski definition) is 1. The molecule has 1 aromatic heterocycles. The van der Waals surface area contributed by atoms with Gasteiger partial charge in [0.2, 0.25) is 0 Å². The molecule has 0 fully saturated rings. The van der Waals surface area contributed by atoms with E-state index < -0.39 is 0 Å². The Morgan fingerprint density at radius 1 is 1.44 bits per heavy atom. The van der Waals surface area contributed by atoms with Gasteiger partial charge in [0.25, 0.3) is 0 Å². The number of aromatic nitrogens is 1. The summed E-state index contributed by atoms with van der Waals surface area (Å²) in [4.78, 5) is 4.36. The molecule has 100 valence electrons. The van der Waals surface area contributed by atoms with E-state index in [0.717, 1.165) is 36.5 Å². The highest BCUT2D eigenvalue weighted by Crippen LogP contribution is 2.10. The third-order valence-electron chi connectivity index (χ3n) is 2.45. The zero-order valence-corrected chi connectivity index (χ0v) is 11.7. The van der Waals surface area contributed by atoms with E-state index in [4.69, 9.17) is 4.74 Å². The molecule has 0 bridgehead atoms. The van der Waals surface area contributed by atoms with Crippen LogP contribution in [0, 0.1) is 5.92 Å². The van der Waals surface area contributed by atoms with Crippen molar-refractivity contribution in [1.29, 1.82) is 0 Å². The minimum Gasteiger partial charge on any atom is -0.492 e. The van der Waals surface area contributed by atoms with Gasteiger partial charge in [-0.2, -0.15) is 0 Å². The monoisotopic (exact) mass is 248 g/mol. The number of nitrogens with one attached hydrogen (secondary N) is 1. The molecule has 1 N–H and O–H groups in total. The molecule has 0 atom stereocenters. The van der Waals surface area contributed by atoms with Crippen molar-refractivity contribution < 1.29 is 4.74 Å². The van der Waals surface area contributed by atoms with Crippen LogP contribution in [0.3, 0.4) is 0 Å². The molecule has 0 spiro atoms. The number of nitrogens with zero attached hydrogens (tertiary/aromatic N) is 1. The maximum atomic E-state index is 5.57. The Balaban J connectivity index is 2.31. The molecular weight excluding hydrogens is 224 g/mol. The van der Waals surface area contributed by atoms with Gasteiger partial charge >= 0.3 is 0 Å². The van der Waals surface area contributed by atoms with Crippen molar-refractivity contribution in [2.45, 2.75) is 33.7 Å². The zero-order chi connectivity index (χ0) is 13.4. The van der Waals surface area contributed by atoms with E-state index in [-0.39, 0.29) is 0 Å². The van der Waals surface area contributed by atoms with E-state index in [1.54, 1.807) is 6.20 Å².